The van der Waals surface area contributed by atoms with E-state index >= 15 is 0 Å². The first kappa shape index (κ1) is 17.3. The van der Waals surface area contributed by atoms with Crippen LogP contribution in [0.1, 0.15) is 18.4 Å². The number of carbonyl (C=O) groups is 1. The second kappa shape index (κ2) is 7.57. The summed E-state index contributed by atoms with van der Waals surface area (Å²) in [7, 11) is 1.64. The molecule has 1 aromatic rings. The topological polar surface area (TPSA) is 66.4 Å². The second-order valence-corrected chi connectivity index (χ2v) is 6.26. The molecule has 1 spiro atoms. The normalized spacial score (nSPS) is 19.6. The number of rotatable bonds is 6. The molecule has 7 nitrogen and oxygen atoms in total. The minimum atomic E-state index is -0.224. The average molecular weight is 344 g/mol. The molecule has 0 aromatic heterocycles. The van der Waals surface area contributed by atoms with Crippen molar-refractivity contribution in [3.8, 4) is 5.75 Å². The Bertz CT molecular complexity index is 655. The van der Waals surface area contributed by atoms with Crippen LogP contribution >= 0.6 is 0 Å². The summed E-state index contributed by atoms with van der Waals surface area (Å²) in [5.41, 5.74) is 3.47. The molecule has 0 aliphatic carbocycles. The molecule has 2 saturated heterocycles. The Morgan fingerprint density at radius 3 is 2.96 bits per heavy atom. The maximum absolute atomic E-state index is 13.0. The summed E-state index contributed by atoms with van der Waals surface area (Å²) >= 11 is 0. The van der Waals surface area contributed by atoms with E-state index in [4.69, 9.17) is 9.47 Å². The molecule has 2 aliphatic heterocycles. The molecule has 0 radical (unpaired) electrons. The first-order valence-electron chi connectivity index (χ1n) is 8.37. The number of urea groups is 1. The van der Waals surface area contributed by atoms with Crippen LogP contribution in [0.5, 0.6) is 5.75 Å². The first-order valence-corrected chi connectivity index (χ1v) is 8.37. The van der Waals surface area contributed by atoms with Crippen LogP contribution in [-0.4, -0.2) is 54.6 Å². The van der Waals surface area contributed by atoms with E-state index in [1.165, 1.54) is 12.5 Å². The molecule has 0 atom stereocenters. The molecule has 3 rings (SSSR count). The predicted molar refractivity (Wildman–Crippen MR) is 95.2 cm³/mol. The van der Waals surface area contributed by atoms with E-state index in [0.717, 1.165) is 24.2 Å². The van der Waals surface area contributed by atoms with Crippen LogP contribution in [0.15, 0.2) is 42.1 Å². The van der Waals surface area contributed by atoms with E-state index < -0.39 is 0 Å². The fourth-order valence-corrected chi connectivity index (χ4v) is 3.44. The van der Waals surface area contributed by atoms with Gasteiger partial charge in [-0.2, -0.15) is 5.10 Å². The van der Waals surface area contributed by atoms with Gasteiger partial charge in [0.05, 0.1) is 19.2 Å². The van der Waals surface area contributed by atoms with Crippen LogP contribution in [0.3, 0.4) is 0 Å². The van der Waals surface area contributed by atoms with E-state index in [1.807, 2.05) is 29.2 Å². The zero-order chi connectivity index (χ0) is 17.7. The van der Waals surface area contributed by atoms with E-state index in [0.29, 0.717) is 26.3 Å². The molecular formula is C18H24N4O3. The molecule has 0 unspecified atom stereocenters. The van der Waals surface area contributed by atoms with E-state index in [9.17, 15) is 4.79 Å². The van der Waals surface area contributed by atoms with Crippen LogP contribution in [0, 0.1) is 0 Å². The predicted octanol–water partition coefficient (Wildman–Crippen LogP) is 2.16. The molecule has 7 heteroatoms. The summed E-state index contributed by atoms with van der Waals surface area (Å²) in [5, 5.41) is 4.00. The quantitative estimate of drug-likeness (QED) is 0.488. The molecule has 1 N–H and O–H groups in total. The Morgan fingerprint density at radius 2 is 2.24 bits per heavy atom. The minimum absolute atomic E-state index is 0.0423. The molecule has 0 bridgehead atoms. The van der Waals surface area contributed by atoms with E-state index in [-0.39, 0.29) is 11.6 Å². The number of benzene rings is 1. The number of methoxy groups -OCH3 is 1. The third-order valence-corrected chi connectivity index (χ3v) is 4.78. The highest BCUT2D eigenvalue weighted by Gasteiger charge is 2.49. The summed E-state index contributed by atoms with van der Waals surface area (Å²) in [5.74, 6) is 0.791. The van der Waals surface area contributed by atoms with Gasteiger partial charge < -0.3 is 14.4 Å². The highest BCUT2D eigenvalue weighted by Crippen LogP contribution is 2.36. The second-order valence-electron chi connectivity index (χ2n) is 6.26. The van der Waals surface area contributed by atoms with Crippen LogP contribution in [0.2, 0.25) is 0 Å². The number of hydrogen-bond donors (Lipinski definition) is 1. The Kier molecular flexibility index (Phi) is 5.23. The average Bonchev–Trinajstić information content (AvgIpc) is 2.88. The molecule has 2 heterocycles. The number of hydrogen-bond acceptors (Lipinski definition) is 5. The summed E-state index contributed by atoms with van der Waals surface area (Å²) in [6.45, 7) is 6.03. The Morgan fingerprint density at radius 1 is 1.44 bits per heavy atom. The molecule has 134 valence electrons. The maximum Gasteiger partial charge on any atom is 0.326 e. The van der Waals surface area contributed by atoms with Crippen molar-refractivity contribution >= 4 is 12.4 Å². The van der Waals surface area contributed by atoms with Crippen LogP contribution in [-0.2, 0) is 11.3 Å². The lowest BCUT2D eigenvalue weighted by Crippen LogP contribution is -2.50. The molecule has 25 heavy (non-hydrogen) atoms. The third-order valence-electron chi connectivity index (χ3n) is 4.78. The van der Waals surface area contributed by atoms with Crippen molar-refractivity contribution in [3.63, 3.8) is 0 Å². The van der Waals surface area contributed by atoms with Gasteiger partial charge in [0.15, 0.2) is 0 Å². The molecular weight excluding hydrogens is 320 g/mol. The van der Waals surface area contributed by atoms with Crippen molar-refractivity contribution in [1.29, 1.82) is 0 Å². The first-order chi connectivity index (χ1) is 12.2. The Balaban J connectivity index is 1.84. The smallest absolute Gasteiger partial charge is 0.326 e. The largest absolute Gasteiger partial charge is 0.497 e. The molecule has 2 aliphatic rings. The number of ether oxygens (including phenoxy) is 2. The zero-order valence-electron chi connectivity index (χ0n) is 14.5. The van der Waals surface area contributed by atoms with Gasteiger partial charge in [0.2, 0.25) is 0 Å². The summed E-state index contributed by atoms with van der Waals surface area (Å²) < 4.78 is 10.8. The van der Waals surface area contributed by atoms with Crippen molar-refractivity contribution in [1.82, 2.24) is 15.2 Å². The SMILES string of the molecule is C=CN/N=C\N1CC2(CCOCC2)N(Cc2cccc(OC)c2)C1=O. The van der Waals surface area contributed by atoms with Gasteiger partial charge in [-0.05, 0) is 30.5 Å². The lowest BCUT2D eigenvalue weighted by atomic mass is 9.89. The number of nitrogens with one attached hydrogen (secondary N) is 1. The lowest BCUT2D eigenvalue weighted by molar-refractivity contribution is 0.00498. The van der Waals surface area contributed by atoms with Crippen molar-refractivity contribution in [2.75, 3.05) is 26.9 Å². The van der Waals surface area contributed by atoms with Gasteiger partial charge in [-0.3, -0.25) is 10.3 Å². The van der Waals surface area contributed by atoms with E-state index in [2.05, 4.69) is 17.1 Å². The van der Waals surface area contributed by atoms with Gasteiger partial charge in [0.1, 0.15) is 12.1 Å². The fraction of sp³-hybridized carbons (Fsp3) is 0.444. The van der Waals surface area contributed by atoms with Crippen LogP contribution in [0.4, 0.5) is 4.79 Å². The van der Waals surface area contributed by atoms with Crippen molar-refractivity contribution in [3.05, 3.63) is 42.6 Å². The van der Waals surface area contributed by atoms with Gasteiger partial charge in [-0.15, -0.1) is 0 Å². The minimum Gasteiger partial charge on any atom is -0.497 e. The lowest BCUT2D eigenvalue weighted by Gasteiger charge is -2.39. The monoisotopic (exact) mass is 344 g/mol. The highest BCUT2D eigenvalue weighted by molar-refractivity contribution is 5.89. The van der Waals surface area contributed by atoms with Crippen LogP contribution in [0.25, 0.3) is 0 Å². The Labute approximate surface area is 147 Å². The Hall–Kier alpha value is -2.54. The summed E-state index contributed by atoms with van der Waals surface area (Å²) in [6, 6.07) is 7.78. The summed E-state index contributed by atoms with van der Waals surface area (Å²) in [6.07, 6.45) is 4.64. The van der Waals surface area contributed by atoms with Crippen molar-refractivity contribution in [2.24, 2.45) is 5.10 Å². The van der Waals surface area contributed by atoms with Gasteiger partial charge in [0.25, 0.3) is 0 Å². The molecule has 2 amide bonds. The fourth-order valence-electron chi connectivity index (χ4n) is 3.44. The molecule has 0 saturated carbocycles. The van der Waals surface area contributed by atoms with Crippen molar-refractivity contribution in [2.45, 2.75) is 24.9 Å². The summed E-state index contributed by atoms with van der Waals surface area (Å²) in [4.78, 5) is 16.6. The van der Waals surface area contributed by atoms with Gasteiger partial charge in [-0.1, -0.05) is 18.7 Å². The number of carbonyl (C=O) groups excluding carboxylic acids is 1. The van der Waals surface area contributed by atoms with Crippen molar-refractivity contribution < 1.29 is 14.3 Å². The molecule has 1 aromatic carbocycles. The zero-order valence-corrected chi connectivity index (χ0v) is 14.5. The standard InChI is InChI=1S/C18H24N4O3/c1-3-19-20-14-21-13-18(7-9-25-10-8-18)22(17(21)23)12-15-5-4-6-16(11-15)24-2/h3-6,11,14,19H,1,7-10,12-13H2,2H3/b20-14-. The number of hydrazone groups is 1. The van der Waals surface area contributed by atoms with E-state index in [1.54, 1.807) is 12.0 Å². The maximum atomic E-state index is 13.0. The van der Waals surface area contributed by atoms with Gasteiger partial charge in [-0.25, -0.2) is 4.79 Å². The third kappa shape index (κ3) is 3.61. The van der Waals surface area contributed by atoms with Gasteiger partial charge >= 0.3 is 6.03 Å². The molecule has 2 fully saturated rings. The van der Waals surface area contributed by atoms with Gasteiger partial charge in [0, 0.05) is 26.0 Å². The number of nitrogens with zero attached hydrogens (tertiary/aromatic N) is 3. The van der Waals surface area contributed by atoms with Crippen LogP contribution < -0.4 is 10.2 Å². The number of amides is 2. The highest BCUT2D eigenvalue weighted by atomic mass is 16.5.